The topological polar surface area (TPSA) is 40.9 Å². The Labute approximate surface area is 95.6 Å². The second-order valence-corrected chi connectivity index (χ2v) is 3.85. The van der Waals surface area contributed by atoms with E-state index in [1.165, 1.54) is 0 Å². The molecular formula is C10H7BrClNO. The Bertz CT molecular complexity index is 398. The van der Waals surface area contributed by atoms with E-state index in [0.29, 0.717) is 11.1 Å². The highest BCUT2D eigenvalue weighted by Crippen LogP contribution is 2.21. The maximum absolute atomic E-state index is 11.1. The number of carbonyl (C=O) groups excluding carboxylic acids is 1. The molecule has 0 aliphatic rings. The van der Waals surface area contributed by atoms with Gasteiger partial charge in [0.15, 0.2) is 5.78 Å². The molecular weight excluding hydrogens is 265 g/mol. The number of hydrogen-bond donors (Lipinski definition) is 0. The van der Waals surface area contributed by atoms with Gasteiger partial charge in [0, 0.05) is 10.9 Å². The number of ketones is 1. The Morgan fingerprint density at radius 2 is 2.29 bits per heavy atom. The summed E-state index contributed by atoms with van der Waals surface area (Å²) in [4.78, 5) is 11.1. The molecule has 0 amide bonds. The van der Waals surface area contributed by atoms with Gasteiger partial charge in [-0.3, -0.25) is 4.79 Å². The number of benzene rings is 1. The van der Waals surface area contributed by atoms with Crippen molar-refractivity contribution in [2.75, 3.05) is 5.88 Å². The van der Waals surface area contributed by atoms with Gasteiger partial charge in [-0.15, -0.1) is 11.6 Å². The highest BCUT2D eigenvalue weighted by molar-refractivity contribution is 9.10. The molecule has 0 saturated heterocycles. The Morgan fingerprint density at radius 1 is 1.57 bits per heavy atom. The number of hydrogen-bond acceptors (Lipinski definition) is 2. The van der Waals surface area contributed by atoms with E-state index in [1.54, 1.807) is 18.2 Å². The zero-order chi connectivity index (χ0) is 10.6. The maximum atomic E-state index is 11.1. The molecule has 0 aliphatic heterocycles. The van der Waals surface area contributed by atoms with Gasteiger partial charge in [-0.2, -0.15) is 5.26 Å². The summed E-state index contributed by atoms with van der Waals surface area (Å²) in [5.74, 6) is -0.110. The van der Waals surface area contributed by atoms with Gasteiger partial charge >= 0.3 is 0 Å². The van der Waals surface area contributed by atoms with Crippen molar-refractivity contribution in [1.82, 2.24) is 0 Å². The monoisotopic (exact) mass is 271 g/mol. The van der Waals surface area contributed by atoms with E-state index >= 15 is 0 Å². The van der Waals surface area contributed by atoms with Crippen LogP contribution in [0.5, 0.6) is 0 Å². The molecule has 14 heavy (non-hydrogen) atoms. The fraction of sp³-hybridized carbons (Fsp3) is 0.200. The second-order valence-electron chi connectivity index (χ2n) is 2.73. The zero-order valence-electron chi connectivity index (χ0n) is 7.26. The third kappa shape index (κ3) is 2.57. The normalized spacial score (nSPS) is 9.50. The molecule has 0 heterocycles. The summed E-state index contributed by atoms with van der Waals surface area (Å²) < 4.78 is 0.773. The Morgan fingerprint density at radius 3 is 2.86 bits per heavy atom. The largest absolute Gasteiger partial charge is 0.298 e. The van der Waals surface area contributed by atoms with Crippen molar-refractivity contribution < 1.29 is 4.79 Å². The van der Waals surface area contributed by atoms with Gasteiger partial charge in [0.05, 0.1) is 17.5 Å². The predicted octanol–water partition coefficient (Wildman–Crippen LogP) is 2.67. The Kier molecular flexibility index (Phi) is 4.12. The molecule has 0 aromatic heterocycles. The third-order valence-corrected chi connectivity index (χ3v) is 2.80. The smallest absolute Gasteiger partial charge is 0.152 e. The van der Waals surface area contributed by atoms with Crippen LogP contribution >= 0.6 is 27.5 Å². The summed E-state index contributed by atoms with van der Waals surface area (Å²) in [5, 5.41) is 8.81. The van der Waals surface area contributed by atoms with Crippen LogP contribution < -0.4 is 0 Å². The molecule has 4 heteroatoms. The van der Waals surface area contributed by atoms with E-state index in [2.05, 4.69) is 15.9 Å². The van der Waals surface area contributed by atoms with Crippen LogP contribution in [0.25, 0.3) is 0 Å². The summed E-state index contributed by atoms with van der Waals surface area (Å²) in [7, 11) is 0. The van der Waals surface area contributed by atoms with Gasteiger partial charge in [0.1, 0.15) is 0 Å². The van der Waals surface area contributed by atoms with Crippen molar-refractivity contribution in [1.29, 1.82) is 5.26 Å². The van der Waals surface area contributed by atoms with Crippen LogP contribution in [0.4, 0.5) is 0 Å². The van der Waals surface area contributed by atoms with Crippen LogP contribution in [0.1, 0.15) is 11.1 Å². The lowest BCUT2D eigenvalue weighted by atomic mass is 10.0. The number of carbonyl (C=O) groups is 1. The molecule has 72 valence electrons. The molecule has 1 rings (SSSR count). The van der Waals surface area contributed by atoms with Crippen molar-refractivity contribution in [3.8, 4) is 6.07 Å². The first kappa shape index (κ1) is 11.2. The van der Waals surface area contributed by atoms with E-state index in [4.69, 9.17) is 16.9 Å². The van der Waals surface area contributed by atoms with E-state index in [9.17, 15) is 4.79 Å². The second kappa shape index (κ2) is 5.14. The highest BCUT2D eigenvalue weighted by atomic mass is 79.9. The minimum atomic E-state index is -0.0879. The molecule has 0 atom stereocenters. The number of nitriles is 1. The van der Waals surface area contributed by atoms with Crippen molar-refractivity contribution in [2.45, 2.75) is 6.42 Å². The average molecular weight is 273 g/mol. The van der Waals surface area contributed by atoms with Crippen LogP contribution in [0.3, 0.4) is 0 Å². The van der Waals surface area contributed by atoms with E-state index in [1.807, 2.05) is 6.07 Å². The number of alkyl halides is 1. The molecule has 1 aromatic rings. The van der Waals surface area contributed by atoms with Crippen molar-refractivity contribution in [3.05, 3.63) is 33.8 Å². The number of Topliss-reactive ketones (excluding diaryl/α,β-unsaturated/α-hetero) is 1. The van der Waals surface area contributed by atoms with E-state index < -0.39 is 0 Å². The highest BCUT2D eigenvalue weighted by Gasteiger charge is 2.10. The summed E-state index contributed by atoms with van der Waals surface area (Å²) >= 11 is 8.70. The number of nitrogens with zero attached hydrogens (tertiary/aromatic N) is 1. The van der Waals surface area contributed by atoms with Gasteiger partial charge in [-0.25, -0.2) is 0 Å². The summed E-state index contributed by atoms with van der Waals surface area (Å²) in [6.45, 7) is 0. The molecule has 1 aromatic carbocycles. The molecule has 0 aliphatic carbocycles. The van der Waals surface area contributed by atoms with Gasteiger partial charge < -0.3 is 0 Å². The first-order valence-electron chi connectivity index (χ1n) is 3.94. The van der Waals surface area contributed by atoms with E-state index in [-0.39, 0.29) is 18.1 Å². The van der Waals surface area contributed by atoms with Crippen LogP contribution in [0.2, 0.25) is 0 Å². The minimum Gasteiger partial charge on any atom is -0.298 e. The lowest BCUT2D eigenvalue weighted by Crippen LogP contribution is -2.06. The quantitative estimate of drug-likeness (QED) is 0.794. The lowest BCUT2D eigenvalue weighted by Gasteiger charge is -2.04. The SMILES string of the molecule is N#Cc1cccc(Br)c1CC(=O)CCl. The number of halogens is 2. The van der Waals surface area contributed by atoms with Crippen LogP contribution in [0.15, 0.2) is 22.7 Å². The van der Waals surface area contributed by atoms with Crippen molar-refractivity contribution in [3.63, 3.8) is 0 Å². The molecule has 0 N–H and O–H groups in total. The Balaban J connectivity index is 3.06. The minimum absolute atomic E-state index is 0.0216. The van der Waals surface area contributed by atoms with Gasteiger partial charge in [-0.1, -0.05) is 22.0 Å². The molecule has 0 unspecified atom stereocenters. The lowest BCUT2D eigenvalue weighted by molar-refractivity contribution is -0.116. The van der Waals surface area contributed by atoms with Gasteiger partial charge in [-0.05, 0) is 17.7 Å². The first-order chi connectivity index (χ1) is 6.69. The Hall–Kier alpha value is -0.850. The predicted molar refractivity (Wildman–Crippen MR) is 58.3 cm³/mol. The molecule has 0 saturated carbocycles. The fourth-order valence-electron chi connectivity index (χ4n) is 1.09. The molecule has 0 spiro atoms. The summed E-state index contributed by atoms with van der Waals surface area (Å²) in [5.41, 5.74) is 1.22. The fourth-order valence-corrected chi connectivity index (χ4v) is 1.69. The van der Waals surface area contributed by atoms with Crippen LogP contribution in [0, 0.1) is 11.3 Å². The first-order valence-corrected chi connectivity index (χ1v) is 5.27. The molecule has 0 fully saturated rings. The van der Waals surface area contributed by atoms with Crippen molar-refractivity contribution >= 4 is 33.3 Å². The van der Waals surface area contributed by atoms with Crippen LogP contribution in [-0.4, -0.2) is 11.7 Å². The third-order valence-electron chi connectivity index (χ3n) is 1.76. The number of rotatable bonds is 3. The molecule has 0 radical (unpaired) electrons. The standard InChI is InChI=1S/C10H7BrClNO/c11-10-3-1-2-7(6-13)9(10)4-8(14)5-12/h1-3H,4-5H2. The van der Waals surface area contributed by atoms with Crippen molar-refractivity contribution in [2.24, 2.45) is 0 Å². The van der Waals surface area contributed by atoms with E-state index in [0.717, 1.165) is 4.47 Å². The van der Waals surface area contributed by atoms with Gasteiger partial charge in [0.25, 0.3) is 0 Å². The summed E-state index contributed by atoms with van der Waals surface area (Å²) in [6, 6.07) is 7.29. The zero-order valence-corrected chi connectivity index (χ0v) is 9.60. The van der Waals surface area contributed by atoms with Crippen LogP contribution in [-0.2, 0) is 11.2 Å². The average Bonchev–Trinajstić information content (AvgIpc) is 2.20. The maximum Gasteiger partial charge on any atom is 0.152 e. The summed E-state index contributed by atoms with van der Waals surface area (Å²) in [6.07, 6.45) is 0.202. The van der Waals surface area contributed by atoms with Gasteiger partial charge in [0.2, 0.25) is 0 Å². The molecule has 0 bridgehead atoms. The molecule has 2 nitrogen and oxygen atoms in total.